The molecule has 17 heavy (non-hydrogen) atoms. The summed E-state index contributed by atoms with van der Waals surface area (Å²) < 4.78 is 11.2. The highest BCUT2D eigenvalue weighted by molar-refractivity contribution is 5.45. The maximum Gasteiger partial charge on any atom is 0.126 e. The first-order chi connectivity index (χ1) is 8.19. The van der Waals surface area contributed by atoms with Gasteiger partial charge in [-0.3, -0.25) is 0 Å². The quantitative estimate of drug-likeness (QED) is 0.742. The van der Waals surface area contributed by atoms with Gasteiger partial charge in [0, 0.05) is 5.56 Å². The molecule has 1 aromatic carbocycles. The molecular weight excluding hydrogens is 214 g/mol. The lowest BCUT2D eigenvalue weighted by atomic mass is 10.1. The van der Waals surface area contributed by atoms with Crippen molar-refractivity contribution < 1.29 is 9.47 Å². The van der Waals surface area contributed by atoms with Crippen molar-refractivity contribution in [3.05, 3.63) is 23.8 Å². The van der Waals surface area contributed by atoms with Crippen molar-refractivity contribution in [2.75, 3.05) is 13.7 Å². The van der Waals surface area contributed by atoms with Gasteiger partial charge in [0.05, 0.1) is 13.2 Å². The molecule has 0 aliphatic heterocycles. The first kappa shape index (κ1) is 13.8. The van der Waals surface area contributed by atoms with E-state index in [9.17, 15) is 0 Å². The van der Waals surface area contributed by atoms with Crippen LogP contribution in [0.5, 0.6) is 11.5 Å². The minimum atomic E-state index is 0.176. The van der Waals surface area contributed by atoms with Gasteiger partial charge >= 0.3 is 0 Å². The van der Waals surface area contributed by atoms with Crippen LogP contribution in [0.3, 0.4) is 0 Å². The van der Waals surface area contributed by atoms with Crippen molar-refractivity contribution in [1.29, 1.82) is 0 Å². The molecule has 0 fully saturated rings. The van der Waals surface area contributed by atoms with Crippen LogP contribution in [0, 0.1) is 0 Å². The summed E-state index contributed by atoms with van der Waals surface area (Å²) in [6.45, 7) is 4.79. The van der Waals surface area contributed by atoms with E-state index in [2.05, 4.69) is 0 Å². The first-order valence-electron chi connectivity index (χ1n) is 6.21. The lowest BCUT2D eigenvalue weighted by Crippen LogP contribution is -2.08. The smallest absolute Gasteiger partial charge is 0.126 e. The monoisotopic (exact) mass is 237 g/mol. The summed E-state index contributed by atoms with van der Waals surface area (Å²) in [6, 6.07) is 5.94. The summed E-state index contributed by atoms with van der Waals surface area (Å²) >= 11 is 0. The molecule has 1 aromatic rings. The highest BCUT2D eigenvalue weighted by atomic mass is 16.5. The predicted octanol–water partition coefficient (Wildman–Crippen LogP) is 2.76. The Kier molecular flexibility index (Phi) is 5.84. The van der Waals surface area contributed by atoms with Gasteiger partial charge in [0.25, 0.3) is 0 Å². The molecule has 0 atom stereocenters. The van der Waals surface area contributed by atoms with E-state index in [0.717, 1.165) is 42.9 Å². The fraction of sp³-hybridized carbons (Fsp3) is 0.571. The summed E-state index contributed by atoms with van der Waals surface area (Å²) in [5.41, 5.74) is 6.67. The highest BCUT2D eigenvalue weighted by Crippen LogP contribution is 2.30. The van der Waals surface area contributed by atoms with Crippen molar-refractivity contribution >= 4 is 0 Å². The number of ether oxygens (including phenoxy) is 2. The summed E-state index contributed by atoms with van der Waals surface area (Å²) in [6.07, 6.45) is 3.21. The van der Waals surface area contributed by atoms with Gasteiger partial charge in [-0.2, -0.15) is 0 Å². The molecular formula is C14H23NO2. The molecule has 2 N–H and O–H groups in total. The third-order valence-electron chi connectivity index (χ3n) is 2.55. The lowest BCUT2D eigenvalue weighted by Gasteiger charge is -2.16. The molecule has 0 bridgehead atoms. The minimum absolute atomic E-state index is 0.176. The summed E-state index contributed by atoms with van der Waals surface area (Å²) in [4.78, 5) is 0. The Bertz CT molecular complexity index is 337. The summed E-state index contributed by atoms with van der Waals surface area (Å²) in [5.74, 6) is 1.83. The van der Waals surface area contributed by atoms with E-state index in [1.807, 2.05) is 32.0 Å². The van der Waals surface area contributed by atoms with Gasteiger partial charge in [-0.15, -0.1) is 0 Å². The van der Waals surface area contributed by atoms with Gasteiger partial charge in [-0.05, 0) is 51.8 Å². The van der Waals surface area contributed by atoms with Crippen LogP contribution in [0.15, 0.2) is 18.2 Å². The van der Waals surface area contributed by atoms with Gasteiger partial charge in [0.1, 0.15) is 11.5 Å². The lowest BCUT2D eigenvalue weighted by molar-refractivity contribution is 0.238. The third-order valence-corrected chi connectivity index (χ3v) is 2.55. The summed E-state index contributed by atoms with van der Waals surface area (Å²) in [5, 5.41) is 0. The maximum atomic E-state index is 5.81. The van der Waals surface area contributed by atoms with Crippen LogP contribution in [0.4, 0.5) is 0 Å². The minimum Gasteiger partial charge on any atom is -0.496 e. The molecule has 3 heteroatoms. The van der Waals surface area contributed by atoms with Crippen molar-refractivity contribution in [3.8, 4) is 11.5 Å². The number of unbranched alkanes of at least 4 members (excludes halogenated alkanes) is 1. The van der Waals surface area contributed by atoms with Gasteiger partial charge in [-0.25, -0.2) is 0 Å². The molecule has 96 valence electrons. The maximum absolute atomic E-state index is 5.81. The van der Waals surface area contributed by atoms with Crippen molar-refractivity contribution in [3.63, 3.8) is 0 Å². The summed E-state index contributed by atoms with van der Waals surface area (Å²) in [7, 11) is 1.70. The van der Waals surface area contributed by atoms with Crippen LogP contribution < -0.4 is 15.2 Å². The van der Waals surface area contributed by atoms with Crippen LogP contribution in [-0.4, -0.2) is 19.8 Å². The van der Waals surface area contributed by atoms with Crippen LogP contribution in [0.1, 0.15) is 32.3 Å². The van der Waals surface area contributed by atoms with E-state index in [0.29, 0.717) is 0 Å². The Morgan fingerprint density at radius 1 is 1.18 bits per heavy atom. The zero-order chi connectivity index (χ0) is 12.7. The van der Waals surface area contributed by atoms with E-state index in [1.54, 1.807) is 7.11 Å². The molecule has 0 aromatic heterocycles. The SMILES string of the molecule is COc1cccc(OC(C)C)c1CCCCN. The Hall–Kier alpha value is -1.22. The molecule has 0 amide bonds. The fourth-order valence-corrected chi connectivity index (χ4v) is 1.79. The number of hydrogen-bond donors (Lipinski definition) is 1. The van der Waals surface area contributed by atoms with E-state index < -0.39 is 0 Å². The van der Waals surface area contributed by atoms with Crippen LogP contribution in [-0.2, 0) is 6.42 Å². The molecule has 0 radical (unpaired) electrons. The largest absolute Gasteiger partial charge is 0.496 e. The average Bonchev–Trinajstić information content (AvgIpc) is 2.30. The zero-order valence-corrected chi connectivity index (χ0v) is 11.0. The molecule has 0 aliphatic carbocycles. The second-order valence-electron chi connectivity index (χ2n) is 4.35. The number of benzene rings is 1. The molecule has 0 unspecified atom stereocenters. The van der Waals surface area contributed by atoms with E-state index in [-0.39, 0.29) is 6.10 Å². The first-order valence-corrected chi connectivity index (χ1v) is 6.21. The van der Waals surface area contributed by atoms with Crippen molar-refractivity contribution in [1.82, 2.24) is 0 Å². The highest BCUT2D eigenvalue weighted by Gasteiger charge is 2.10. The van der Waals surface area contributed by atoms with Crippen LogP contribution >= 0.6 is 0 Å². The van der Waals surface area contributed by atoms with Gasteiger partial charge in [-0.1, -0.05) is 6.07 Å². The third kappa shape index (κ3) is 4.27. The van der Waals surface area contributed by atoms with Crippen LogP contribution in [0.2, 0.25) is 0 Å². The standard InChI is InChI=1S/C14H23NO2/c1-11(2)17-14-9-6-8-13(16-3)12(14)7-4-5-10-15/h6,8-9,11H,4-5,7,10,15H2,1-3H3. The second kappa shape index (κ2) is 7.17. The molecule has 1 rings (SSSR count). The van der Waals surface area contributed by atoms with Crippen molar-refractivity contribution in [2.24, 2.45) is 5.73 Å². The topological polar surface area (TPSA) is 44.5 Å². The van der Waals surface area contributed by atoms with Crippen LogP contribution in [0.25, 0.3) is 0 Å². The van der Waals surface area contributed by atoms with Gasteiger partial charge in [0.2, 0.25) is 0 Å². The number of rotatable bonds is 7. The fourth-order valence-electron chi connectivity index (χ4n) is 1.79. The second-order valence-corrected chi connectivity index (χ2v) is 4.35. The predicted molar refractivity (Wildman–Crippen MR) is 70.8 cm³/mol. The van der Waals surface area contributed by atoms with E-state index >= 15 is 0 Å². The Balaban J connectivity index is 2.86. The van der Waals surface area contributed by atoms with Gasteiger partial charge < -0.3 is 15.2 Å². The number of hydrogen-bond acceptors (Lipinski definition) is 3. The Morgan fingerprint density at radius 2 is 1.88 bits per heavy atom. The molecule has 3 nitrogen and oxygen atoms in total. The number of methoxy groups -OCH3 is 1. The van der Waals surface area contributed by atoms with E-state index in [4.69, 9.17) is 15.2 Å². The zero-order valence-electron chi connectivity index (χ0n) is 11.0. The van der Waals surface area contributed by atoms with Gasteiger partial charge in [0.15, 0.2) is 0 Å². The molecule has 0 spiro atoms. The average molecular weight is 237 g/mol. The van der Waals surface area contributed by atoms with E-state index in [1.165, 1.54) is 0 Å². The Labute approximate surface area is 104 Å². The molecule has 0 heterocycles. The number of nitrogens with two attached hydrogens (primary N) is 1. The van der Waals surface area contributed by atoms with Crippen molar-refractivity contribution in [2.45, 2.75) is 39.2 Å². The Morgan fingerprint density at radius 3 is 2.47 bits per heavy atom. The molecule has 0 saturated carbocycles. The molecule has 0 aliphatic rings. The normalized spacial score (nSPS) is 10.6. The molecule has 0 saturated heterocycles.